The number of nitrogens with one attached hydrogen (secondary N) is 1. The van der Waals surface area contributed by atoms with Gasteiger partial charge in [-0.25, -0.2) is 9.48 Å². The second-order valence-electron chi connectivity index (χ2n) is 8.32. The molecule has 1 heterocycles. The monoisotopic (exact) mass is 340 g/mol. The number of hydrogen-bond donors (Lipinski definition) is 2. The van der Waals surface area contributed by atoms with Crippen molar-refractivity contribution in [1.29, 1.82) is 0 Å². The number of aromatic amines is 1. The molecule has 2 aliphatic carbocycles. The van der Waals surface area contributed by atoms with Crippen molar-refractivity contribution in [1.82, 2.24) is 9.78 Å². The van der Waals surface area contributed by atoms with Crippen LogP contribution in [0.3, 0.4) is 0 Å². The van der Waals surface area contributed by atoms with Crippen LogP contribution in [0, 0.1) is 5.41 Å². The number of nitrogens with zero attached hydrogens (tertiary/aromatic N) is 1. The molecule has 0 amide bonds. The summed E-state index contributed by atoms with van der Waals surface area (Å²) < 4.78 is 1.71. The number of rotatable bonds is 3. The van der Waals surface area contributed by atoms with E-state index in [1.165, 1.54) is 0 Å². The molecular weight excluding hydrogens is 316 g/mol. The van der Waals surface area contributed by atoms with Crippen molar-refractivity contribution in [2.75, 3.05) is 0 Å². The fourth-order valence-corrected chi connectivity index (χ4v) is 4.99. The largest absolute Gasteiger partial charge is 0.478 e. The summed E-state index contributed by atoms with van der Waals surface area (Å²) in [6.45, 7) is 8.79. The molecule has 0 saturated heterocycles. The molecule has 2 aliphatic rings. The standard InChI is InChI=1S/C20H24N2O3/c1-11(12-5-7-13(8-6-12)18(24)25)22-17(23)15-14-9-10-20(4,16(15)21-22)19(14,2)3/h5-8,11,14,21H,9-10H2,1-4H3,(H,24,25)/t11?,14-,20+/m1/s1. The number of carboxylic acids is 1. The van der Waals surface area contributed by atoms with Crippen LogP contribution >= 0.6 is 0 Å². The van der Waals surface area contributed by atoms with Crippen LogP contribution in [0.5, 0.6) is 0 Å². The van der Waals surface area contributed by atoms with Gasteiger partial charge < -0.3 is 5.11 Å². The first-order valence-corrected chi connectivity index (χ1v) is 8.86. The highest BCUT2D eigenvalue weighted by atomic mass is 16.4. The molecular formula is C20H24N2O3. The van der Waals surface area contributed by atoms with E-state index in [0.29, 0.717) is 5.92 Å². The highest BCUT2D eigenvalue weighted by Gasteiger charge is 2.61. The third kappa shape index (κ3) is 1.89. The van der Waals surface area contributed by atoms with Gasteiger partial charge in [-0.05, 0) is 48.8 Å². The van der Waals surface area contributed by atoms with E-state index in [9.17, 15) is 9.59 Å². The maximum absolute atomic E-state index is 13.1. The van der Waals surface area contributed by atoms with Crippen LogP contribution in [0.4, 0.5) is 0 Å². The molecule has 1 aromatic heterocycles. The highest BCUT2D eigenvalue weighted by molar-refractivity contribution is 5.87. The number of carbonyl (C=O) groups is 1. The van der Waals surface area contributed by atoms with E-state index in [0.717, 1.165) is 29.7 Å². The molecule has 1 aromatic carbocycles. The molecule has 0 aliphatic heterocycles. The molecule has 0 radical (unpaired) electrons. The summed E-state index contributed by atoms with van der Waals surface area (Å²) >= 11 is 0. The molecule has 5 heteroatoms. The Morgan fingerprint density at radius 3 is 2.48 bits per heavy atom. The minimum absolute atomic E-state index is 0.0181. The van der Waals surface area contributed by atoms with Gasteiger partial charge in [0.25, 0.3) is 5.56 Å². The number of aromatic nitrogens is 2. The molecule has 4 rings (SSSR count). The van der Waals surface area contributed by atoms with Gasteiger partial charge in [0.05, 0.1) is 11.6 Å². The summed E-state index contributed by atoms with van der Waals surface area (Å²) in [4.78, 5) is 24.1. The van der Waals surface area contributed by atoms with Crippen molar-refractivity contribution in [3.63, 3.8) is 0 Å². The summed E-state index contributed by atoms with van der Waals surface area (Å²) in [5, 5.41) is 12.4. The molecule has 25 heavy (non-hydrogen) atoms. The van der Waals surface area contributed by atoms with Gasteiger partial charge in [-0.3, -0.25) is 9.89 Å². The Hall–Kier alpha value is -2.30. The summed E-state index contributed by atoms with van der Waals surface area (Å²) in [6.07, 6.45) is 2.19. The predicted molar refractivity (Wildman–Crippen MR) is 95.4 cm³/mol. The van der Waals surface area contributed by atoms with Crippen molar-refractivity contribution in [3.8, 4) is 0 Å². The number of hydrogen-bond acceptors (Lipinski definition) is 2. The Labute approximate surface area is 146 Å². The zero-order valence-corrected chi connectivity index (χ0v) is 15.1. The maximum atomic E-state index is 13.1. The maximum Gasteiger partial charge on any atom is 0.335 e. The molecule has 2 aromatic rings. The Balaban J connectivity index is 1.76. The first-order valence-electron chi connectivity index (χ1n) is 8.86. The van der Waals surface area contributed by atoms with Gasteiger partial charge in [-0.15, -0.1) is 0 Å². The molecule has 1 unspecified atom stereocenters. The van der Waals surface area contributed by atoms with Gasteiger partial charge in [0.1, 0.15) is 0 Å². The Morgan fingerprint density at radius 1 is 1.28 bits per heavy atom. The second kappa shape index (κ2) is 4.87. The molecule has 0 spiro atoms. The van der Waals surface area contributed by atoms with Crippen LogP contribution in [-0.4, -0.2) is 20.9 Å². The van der Waals surface area contributed by atoms with Crippen molar-refractivity contribution in [3.05, 3.63) is 57.0 Å². The lowest BCUT2D eigenvalue weighted by Gasteiger charge is -2.35. The van der Waals surface area contributed by atoms with E-state index >= 15 is 0 Å². The summed E-state index contributed by atoms with van der Waals surface area (Å²) in [5.41, 5.74) is 3.45. The number of H-pyrrole nitrogens is 1. The van der Waals surface area contributed by atoms with Crippen LogP contribution in [0.1, 0.15) is 79.7 Å². The Bertz CT molecular complexity index is 919. The van der Waals surface area contributed by atoms with Crippen LogP contribution in [-0.2, 0) is 5.41 Å². The van der Waals surface area contributed by atoms with Crippen LogP contribution in [0.2, 0.25) is 0 Å². The average molecular weight is 340 g/mol. The van der Waals surface area contributed by atoms with Crippen molar-refractivity contribution >= 4 is 5.97 Å². The molecule has 2 N–H and O–H groups in total. The average Bonchev–Trinajstić information content (AvgIpc) is 3.09. The second-order valence-corrected chi connectivity index (χ2v) is 8.32. The van der Waals surface area contributed by atoms with E-state index in [-0.39, 0.29) is 28.0 Å². The lowest BCUT2D eigenvalue weighted by atomic mass is 9.70. The van der Waals surface area contributed by atoms with Gasteiger partial charge in [0, 0.05) is 16.7 Å². The number of carboxylic acid groups (broad SMARTS) is 1. The van der Waals surface area contributed by atoms with Crippen LogP contribution in [0.25, 0.3) is 0 Å². The number of fused-ring (bicyclic) bond motifs is 5. The number of benzene rings is 1. The lowest BCUT2D eigenvalue weighted by molar-refractivity contribution is 0.0697. The summed E-state index contributed by atoms with van der Waals surface area (Å²) in [6, 6.07) is 6.58. The van der Waals surface area contributed by atoms with Crippen LogP contribution in [0.15, 0.2) is 29.1 Å². The first-order chi connectivity index (χ1) is 11.7. The topological polar surface area (TPSA) is 75.1 Å². The third-order valence-electron chi connectivity index (χ3n) is 7.10. The summed E-state index contributed by atoms with van der Waals surface area (Å²) in [7, 11) is 0. The predicted octanol–water partition coefficient (Wildman–Crippen LogP) is 3.66. The highest BCUT2D eigenvalue weighted by Crippen LogP contribution is 2.66. The normalized spacial score (nSPS) is 27.3. The van der Waals surface area contributed by atoms with E-state index in [4.69, 9.17) is 5.11 Å². The van der Waals surface area contributed by atoms with Gasteiger partial charge in [0.15, 0.2) is 0 Å². The Morgan fingerprint density at radius 2 is 1.92 bits per heavy atom. The molecule has 1 fully saturated rings. The third-order valence-corrected chi connectivity index (χ3v) is 7.10. The van der Waals surface area contributed by atoms with Crippen LogP contribution < -0.4 is 5.56 Å². The molecule has 5 nitrogen and oxygen atoms in total. The molecule has 2 bridgehead atoms. The molecule has 1 saturated carbocycles. The van der Waals surface area contributed by atoms with E-state index in [1.807, 2.05) is 6.92 Å². The number of aromatic carboxylic acids is 1. The fourth-order valence-electron chi connectivity index (χ4n) is 4.99. The van der Waals surface area contributed by atoms with Gasteiger partial charge in [-0.1, -0.05) is 32.9 Å². The zero-order chi connectivity index (χ0) is 18.1. The minimum Gasteiger partial charge on any atom is -0.478 e. The smallest absolute Gasteiger partial charge is 0.335 e. The van der Waals surface area contributed by atoms with E-state index < -0.39 is 5.97 Å². The van der Waals surface area contributed by atoms with Gasteiger partial charge in [0.2, 0.25) is 0 Å². The lowest BCUT2D eigenvalue weighted by Crippen LogP contribution is -2.33. The zero-order valence-electron chi connectivity index (χ0n) is 15.1. The summed E-state index contributed by atoms with van der Waals surface area (Å²) in [5.74, 6) is -0.624. The quantitative estimate of drug-likeness (QED) is 0.895. The van der Waals surface area contributed by atoms with E-state index in [1.54, 1.807) is 28.9 Å². The van der Waals surface area contributed by atoms with Crippen molar-refractivity contribution in [2.24, 2.45) is 5.41 Å². The first kappa shape index (κ1) is 16.2. The molecule has 132 valence electrons. The van der Waals surface area contributed by atoms with Crippen molar-refractivity contribution < 1.29 is 9.90 Å². The fraction of sp³-hybridized carbons (Fsp3) is 0.500. The van der Waals surface area contributed by atoms with E-state index in [2.05, 4.69) is 25.9 Å². The van der Waals surface area contributed by atoms with Gasteiger partial charge in [-0.2, -0.15) is 0 Å². The molecule has 3 atom stereocenters. The van der Waals surface area contributed by atoms with Gasteiger partial charge >= 0.3 is 5.97 Å². The Kier molecular flexibility index (Phi) is 3.15. The van der Waals surface area contributed by atoms with Crippen molar-refractivity contribution in [2.45, 2.75) is 57.9 Å². The minimum atomic E-state index is -0.943. The SMILES string of the molecule is CC(c1ccc(C(=O)O)cc1)n1[nH]c2c(c1=O)[C@H]1CC[C@]2(C)C1(C)C.